The molecule has 1 aromatic heterocycles. The fourth-order valence-electron chi connectivity index (χ4n) is 2.56. The van der Waals surface area contributed by atoms with Crippen molar-refractivity contribution in [3.63, 3.8) is 0 Å². The van der Waals surface area contributed by atoms with E-state index in [0.29, 0.717) is 6.54 Å². The summed E-state index contributed by atoms with van der Waals surface area (Å²) in [5.41, 5.74) is 2.36. The number of benzene rings is 1. The predicted molar refractivity (Wildman–Crippen MR) is 85.7 cm³/mol. The molecule has 0 bridgehead atoms. The molecule has 20 heavy (non-hydrogen) atoms. The highest BCUT2D eigenvalue weighted by atomic mass is 32.1. The van der Waals surface area contributed by atoms with Crippen LogP contribution in [0.1, 0.15) is 23.8 Å². The molecule has 1 unspecified atom stereocenters. The van der Waals surface area contributed by atoms with Gasteiger partial charge in [-0.05, 0) is 48.6 Å². The van der Waals surface area contributed by atoms with Gasteiger partial charge in [0.25, 0.3) is 0 Å². The fourth-order valence-corrected chi connectivity index (χ4v) is 3.27. The second-order valence-corrected chi connectivity index (χ2v) is 6.13. The minimum Gasteiger partial charge on any atom is -0.386 e. The third-order valence-corrected chi connectivity index (χ3v) is 4.68. The van der Waals surface area contributed by atoms with E-state index in [1.165, 1.54) is 31.6 Å². The molecule has 1 aliphatic heterocycles. The molecule has 1 aromatic carbocycles. The van der Waals surface area contributed by atoms with Gasteiger partial charge in [-0.3, -0.25) is 0 Å². The zero-order valence-electron chi connectivity index (χ0n) is 11.5. The van der Waals surface area contributed by atoms with Crippen LogP contribution in [0.25, 0.3) is 0 Å². The number of nitrogens with zero attached hydrogens (tertiary/aromatic N) is 1. The molecule has 0 amide bonds. The summed E-state index contributed by atoms with van der Waals surface area (Å²) in [6, 6.07) is 12.4. The maximum atomic E-state index is 10.0. The summed E-state index contributed by atoms with van der Waals surface area (Å²) in [4.78, 5) is 3.43. The molecule has 1 saturated heterocycles. The summed E-state index contributed by atoms with van der Waals surface area (Å²) in [7, 11) is 0. The standard InChI is InChI=1S/C16H20N2OS/c19-15(16-4-3-11-20-16)12-17-13-5-7-14(8-6-13)18-9-1-2-10-18/h3-8,11,15,17,19H,1-2,9-10,12H2. The van der Waals surface area contributed by atoms with Crippen molar-refractivity contribution in [1.29, 1.82) is 0 Å². The Labute approximate surface area is 123 Å². The van der Waals surface area contributed by atoms with E-state index in [9.17, 15) is 5.11 Å². The van der Waals surface area contributed by atoms with Crippen LogP contribution in [0.5, 0.6) is 0 Å². The second kappa shape index (κ2) is 6.29. The highest BCUT2D eigenvalue weighted by Gasteiger charge is 2.12. The van der Waals surface area contributed by atoms with Gasteiger partial charge in [-0.15, -0.1) is 11.3 Å². The van der Waals surface area contributed by atoms with Crippen LogP contribution in [0.2, 0.25) is 0 Å². The van der Waals surface area contributed by atoms with Gasteiger partial charge >= 0.3 is 0 Å². The predicted octanol–water partition coefficient (Wildman–Crippen LogP) is 3.49. The average molecular weight is 288 g/mol. The normalized spacial score (nSPS) is 16.4. The number of aliphatic hydroxyl groups is 1. The molecule has 0 spiro atoms. The quantitative estimate of drug-likeness (QED) is 0.884. The van der Waals surface area contributed by atoms with Crippen LogP contribution < -0.4 is 10.2 Å². The number of hydrogen-bond donors (Lipinski definition) is 2. The Morgan fingerprint density at radius 2 is 1.90 bits per heavy atom. The van der Waals surface area contributed by atoms with Gasteiger partial charge in [0.1, 0.15) is 6.10 Å². The SMILES string of the molecule is OC(CNc1ccc(N2CCCC2)cc1)c1cccs1. The zero-order chi connectivity index (χ0) is 13.8. The smallest absolute Gasteiger partial charge is 0.105 e. The first kappa shape index (κ1) is 13.5. The molecular formula is C16H20N2OS. The van der Waals surface area contributed by atoms with Crippen LogP contribution in [0, 0.1) is 0 Å². The number of anilines is 2. The Balaban J connectivity index is 1.55. The number of thiophene rings is 1. The maximum absolute atomic E-state index is 10.0. The first-order valence-corrected chi connectivity index (χ1v) is 8.01. The summed E-state index contributed by atoms with van der Waals surface area (Å²) in [6.07, 6.45) is 2.16. The molecule has 0 aliphatic carbocycles. The largest absolute Gasteiger partial charge is 0.386 e. The second-order valence-electron chi connectivity index (χ2n) is 5.15. The van der Waals surface area contributed by atoms with Gasteiger partial charge < -0.3 is 15.3 Å². The Hall–Kier alpha value is -1.52. The third kappa shape index (κ3) is 3.14. The molecule has 1 atom stereocenters. The average Bonchev–Trinajstić information content (AvgIpc) is 3.18. The number of hydrogen-bond acceptors (Lipinski definition) is 4. The molecule has 0 saturated carbocycles. The van der Waals surface area contributed by atoms with Crippen molar-refractivity contribution in [2.75, 3.05) is 29.9 Å². The van der Waals surface area contributed by atoms with E-state index < -0.39 is 6.10 Å². The Morgan fingerprint density at radius 1 is 1.15 bits per heavy atom. The molecule has 106 valence electrons. The van der Waals surface area contributed by atoms with E-state index in [1.54, 1.807) is 11.3 Å². The van der Waals surface area contributed by atoms with Crippen LogP contribution in [0.15, 0.2) is 41.8 Å². The van der Waals surface area contributed by atoms with Crippen LogP contribution in [-0.2, 0) is 0 Å². The van der Waals surface area contributed by atoms with Crippen LogP contribution in [0.3, 0.4) is 0 Å². The first-order chi connectivity index (χ1) is 9.83. The van der Waals surface area contributed by atoms with Crippen LogP contribution in [0.4, 0.5) is 11.4 Å². The summed E-state index contributed by atoms with van der Waals surface area (Å²) in [5.74, 6) is 0. The van der Waals surface area contributed by atoms with Crippen molar-refractivity contribution in [3.05, 3.63) is 46.7 Å². The Bertz CT molecular complexity index is 518. The molecule has 0 radical (unpaired) electrons. The van der Waals surface area contributed by atoms with Crippen molar-refractivity contribution in [1.82, 2.24) is 0 Å². The van der Waals surface area contributed by atoms with E-state index in [1.807, 2.05) is 17.5 Å². The van der Waals surface area contributed by atoms with Gasteiger partial charge in [-0.1, -0.05) is 6.07 Å². The third-order valence-electron chi connectivity index (χ3n) is 3.71. The van der Waals surface area contributed by atoms with E-state index >= 15 is 0 Å². The fraction of sp³-hybridized carbons (Fsp3) is 0.375. The number of nitrogens with one attached hydrogen (secondary N) is 1. The summed E-state index contributed by atoms with van der Waals surface area (Å²) >= 11 is 1.59. The molecule has 2 heterocycles. The van der Waals surface area contributed by atoms with Gasteiger partial charge in [0.05, 0.1) is 0 Å². The topological polar surface area (TPSA) is 35.5 Å². The Kier molecular flexibility index (Phi) is 4.23. The summed E-state index contributed by atoms with van der Waals surface area (Å²) < 4.78 is 0. The molecule has 3 rings (SSSR count). The molecule has 3 nitrogen and oxygen atoms in total. The molecule has 2 N–H and O–H groups in total. The van der Waals surface area contributed by atoms with Crippen molar-refractivity contribution in [2.45, 2.75) is 18.9 Å². The van der Waals surface area contributed by atoms with Crippen molar-refractivity contribution >= 4 is 22.7 Å². The molecule has 2 aromatic rings. The van der Waals surface area contributed by atoms with Gasteiger partial charge in [-0.25, -0.2) is 0 Å². The maximum Gasteiger partial charge on any atom is 0.105 e. The lowest BCUT2D eigenvalue weighted by molar-refractivity contribution is 0.195. The molecular weight excluding hydrogens is 268 g/mol. The minimum atomic E-state index is -0.437. The van der Waals surface area contributed by atoms with E-state index in [0.717, 1.165) is 10.6 Å². The summed E-state index contributed by atoms with van der Waals surface area (Å²) in [5, 5.41) is 15.3. The lowest BCUT2D eigenvalue weighted by Crippen LogP contribution is -2.17. The minimum absolute atomic E-state index is 0.437. The van der Waals surface area contributed by atoms with Gasteiger partial charge in [0.2, 0.25) is 0 Å². The van der Waals surface area contributed by atoms with Crippen molar-refractivity contribution in [3.8, 4) is 0 Å². The van der Waals surface area contributed by atoms with E-state index in [4.69, 9.17) is 0 Å². The van der Waals surface area contributed by atoms with Crippen LogP contribution >= 0.6 is 11.3 Å². The summed E-state index contributed by atoms with van der Waals surface area (Å²) in [6.45, 7) is 2.89. The van der Waals surface area contributed by atoms with E-state index in [2.05, 4.69) is 34.5 Å². The zero-order valence-corrected chi connectivity index (χ0v) is 12.3. The highest BCUT2D eigenvalue weighted by Crippen LogP contribution is 2.23. The van der Waals surface area contributed by atoms with Crippen LogP contribution in [-0.4, -0.2) is 24.7 Å². The van der Waals surface area contributed by atoms with Gasteiger partial charge in [-0.2, -0.15) is 0 Å². The monoisotopic (exact) mass is 288 g/mol. The molecule has 4 heteroatoms. The van der Waals surface area contributed by atoms with Crippen molar-refractivity contribution < 1.29 is 5.11 Å². The Morgan fingerprint density at radius 3 is 2.55 bits per heavy atom. The molecule has 1 fully saturated rings. The lowest BCUT2D eigenvalue weighted by atomic mass is 10.2. The molecule has 1 aliphatic rings. The van der Waals surface area contributed by atoms with Crippen molar-refractivity contribution in [2.24, 2.45) is 0 Å². The van der Waals surface area contributed by atoms with Gasteiger partial charge in [0.15, 0.2) is 0 Å². The van der Waals surface area contributed by atoms with Gasteiger partial charge in [0, 0.05) is 35.9 Å². The number of aliphatic hydroxyl groups excluding tert-OH is 1. The van der Waals surface area contributed by atoms with E-state index in [-0.39, 0.29) is 0 Å². The highest BCUT2D eigenvalue weighted by molar-refractivity contribution is 7.10. The lowest BCUT2D eigenvalue weighted by Gasteiger charge is -2.18. The number of rotatable bonds is 5. The first-order valence-electron chi connectivity index (χ1n) is 7.13.